The quantitative estimate of drug-likeness (QED) is 0.144. The van der Waals surface area contributed by atoms with Crippen molar-refractivity contribution in [1.82, 2.24) is 0 Å². The van der Waals surface area contributed by atoms with Crippen LogP contribution in [-0.2, 0) is 22.1 Å². The molecule has 7 heteroatoms. The lowest BCUT2D eigenvalue weighted by Crippen LogP contribution is -2.28. The molecule has 0 amide bonds. The van der Waals surface area contributed by atoms with E-state index in [0.717, 1.165) is 29.3 Å². The van der Waals surface area contributed by atoms with Gasteiger partial charge < -0.3 is 9.47 Å². The summed E-state index contributed by atoms with van der Waals surface area (Å²) in [5, 5.41) is 0.858. The molecule has 0 unspecified atom stereocenters. The number of unbranched alkanes of at least 4 members (excludes halogenated alkanes) is 2. The second-order valence-electron chi connectivity index (χ2n) is 9.95. The van der Waals surface area contributed by atoms with Crippen LogP contribution in [0.15, 0.2) is 54.6 Å². The molecule has 0 fully saturated rings. The molecular weight excluding hydrogens is 485 g/mol. The second kappa shape index (κ2) is 11.5. The number of esters is 1. The Hall–Kier alpha value is -2.80. The number of carbonyl (C=O) groups is 1. The monoisotopic (exact) mass is 518 g/mol. The highest BCUT2D eigenvalue weighted by atomic mass is 32.1. The van der Waals surface area contributed by atoms with Gasteiger partial charge in [0.1, 0.15) is 5.75 Å². The van der Waals surface area contributed by atoms with Gasteiger partial charge in [-0.15, -0.1) is 11.3 Å². The van der Waals surface area contributed by atoms with E-state index in [0.29, 0.717) is 34.8 Å². The molecular formula is C29H33F3O3S. The fraction of sp³-hybridized carbons (Fsp3) is 0.414. The van der Waals surface area contributed by atoms with Gasteiger partial charge in [-0.25, -0.2) is 4.79 Å². The first-order chi connectivity index (χ1) is 16.9. The summed E-state index contributed by atoms with van der Waals surface area (Å²) in [5.74, 6) is 0.167. The molecule has 3 aromatic rings. The number of fused-ring (bicyclic) bond motifs is 1. The molecule has 3 nitrogen and oxygen atoms in total. The van der Waals surface area contributed by atoms with E-state index in [1.165, 1.54) is 17.4 Å². The molecule has 3 rings (SSSR count). The lowest BCUT2D eigenvalue weighted by atomic mass is 9.96. The summed E-state index contributed by atoms with van der Waals surface area (Å²) < 4.78 is 53.8. The standard InChI is InChI=1S/C29H33F3O3S/c1-6-7-8-9-20-10-13-23(24(14-20)29(30,31)32)26-15-21-11-12-22(16-25(21)36-26)34-17-28(4,5)18-35-27(33)19(2)3/h10-16H,2,6-9,17-18H2,1,3-5H3. The lowest BCUT2D eigenvalue weighted by molar-refractivity contribution is -0.142. The van der Waals surface area contributed by atoms with Crippen LogP contribution in [0, 0.1) is 5.41 Å². The van der Waals surface area contributed by atoms with Crippen LogP contribution in [0.3, 0.4) is 0 Å². The molecule has 0 saturated heterocycles. The number of halogens is 3. The van der Waals surface area contributed by atoms with Gasteiger partial charge in [0.05, 0.1) is 18.8 Å². The van der Waals surface area contributed by atoms with Crippen molar-refractivity contribution in [3.8, 4) is 16.2 Å². The summed E-state index contributed by atoms with van der Waals surface area (Å²) in [5.41, 5.74) is 0.232. The predicted molar refractivity (Wildman–Crippen MR) is 141 cm³/mol. The Morgan fingerprint density at radius 1 is 1.03 bits per heavy atom. The molecule has 0 atom stereocenters. The predicted octanol–water partition coefficient (Wildman–Crippen LogP) is 8.84. The molecule has 0 aliphatic carbocycles. The van der Waals surface area contributed by atoms with E-state index in [-0.39, 0.29) is 12.2 Å². The van der Waals surface area contributed by atoms with E-state index in [2.05, 4.69) is 13.5 Å². The fourth-order valence-corrected chi connectivity index (χ4v) is 4.84. The molecule has 2 aromatic carbocycles. The maximum Gasteiger partial charge on any atom is 0.417 e. The van der Waals surface area contributed by atoms with Gasteiger partial charge in [0, 0.05) is 26.1 Å². The summed E-state index contributed by atoms with van der Waals surface area (Å²) in [6, 6.07) is 12.0. The Kier molecular flexibility index (Phi) is 8.88. The molecule has 0 aliphatic heterocycles. The van der Waals surface area contributed by atoms with Crippen LogP contribution in [0.1, 0.15) is 58.1 Å². The maximum atomic E-state index is 13.9. The van der Waals surface area contributed by atoms with Crippen LogP contribution >= 0.6 is 11.3 Å². The van der Waals surface area contributed by atoms with Gasteiger partial charge in [0.2, 0.25) is 0 Å². The van der Waals surface area contributed by atoms with Crippen LogP contribution in [0.4, 0.5) is 13.2 Å². The van der Waals surface area contributed by atoms with Crippen LogP contribution in [0.25, 0.3) is 20.5 Å². The van der Waals surface area contributed by atoms with Crippen LogP contribution < -0.4 is 4.74 Å². The van der Waals surface area contributed by atoms with Gasteiger partial charge >= 0.3 is 12.1 Å². The van der Waals surface area contributed by atoms with Crippen molar-refractivity contribution in [3.05, 3.63) is 65.7 Å². The zero-order valence-corrected chi connectivity index (χ0v) is 22.1. The summed E-state index contributed by atoms with van der Waals surface area (Å²) in [6.45, 7) is 11.6. The molecule has 1 heterocycles. The normalized spacial score (nSPS) is 12.1. The Balaban J connectivity index is 1.79. The maximum absolute atomic E-state index is 13.9. The number of aryl methyl sites for hydroxylation is 1. The van der Waals surface area contributed by atoms with Crippen molar-refractivity contribution >= 4 is 27.4 Å². The van der Waals surface area contributed by atoms with Crippen LogP contribution in [0.5, 0.6) is 5.75 Å². The van der Waals surface area contributed by atoms with Gasteiger partial charge in [0.15, 0.2) is 0 Å². The number of benzene rings is 2. The van der Waals surface area contributed by atoms with E-state index in [1.807, 2.05) is 32.0 Å². The van der Waals surface area contributed by atoms with Gasteiger partial charge in [-0.3, -0.25) is 0 Å². The number of ether oxygens (including phenoxy) is 2. The first-order valence-corrected chi connectivity index (χ1v) is 12.9. The van der Waals surface area contributed by atoms with Crippen molar-refractivity contribution in [1.29, 1.82) is 0 Å². The number of hydrogen-bond donors (Lipinski definition) is 0. The average molecular weight is 519 g/mol. The van der Waals surface area contributed by atoms with Crippen molar-refractivity contribution in [3.63, 3.8) is 0 Å². The zero-order valence-electron chi connectivity index (χ0n) is 21.3. The minimum absolute atomic E-state index is 0.179. The Morgan fingerprint density at radius 3 is 2.44 bits per heavy atom. The highest BCUT2D eigenvalue weighted by Crippen LogP contribution is 2.42. The van der Waals surface area contributed by atoms with Gasteiger partial charge in [-0.1, -0.05) is 52.3 Å². The third-order valence-electron chi connectivity index (χ3n) is 5.79. The van der Waals surface area contributed by atoms with Gasteiger partial charge in [-0.05, 0) is 61.0 Å². The van der Waals surface area contributed by atoms with Crippen molar-refractivity contribution in [2.24, 2.45) is 5.41 Å². The summed E-state index contributed by atoms with van der Waals surface area (Å²) >= 11 is 1.31. The molecule has 36 heavy (non-hydrogen) atoms. The van der Waals surface area contributed by atoms with E-state index in [4.69, 9.17) is 9.47 Å². The third-order valence-corrected chi connectivity index (χ3v) is 6.92. The third kappa shape index (κ3) is 7.36. The Labute approximate surface area is 214 Å². The summed E-state index contributed by atoms with van der Waals surface area (Å²) in [6.07, 6.45) is -0.878. The number of thiophene rings is 1. The van der Waals surface area contributed by atoms with Crippen molar-refractivity contribution in [2.45, 2.75) is 59.6 Å². The molecule has 1 aromatic heterocycles. The summed E-state index contributed by atoms with van der Waals surface area (Å²) in [4.78, 5) is 12.2. The molecule has 0 bridgehead atoms. The zero-order chi connectivity index (χ0) is 26.5. The van der Waals surface area contributed by atoms with Gasteiger partial charge in [0.25, 0.3) is 0 Å². The largest absolute Gasteiger partial charge is 0.493 e. The summed E-state index contributed by atoms with van der Waals surface area (Å²) in [7, 11) is 0. The number of alkyl halides is 3. The minimum Gasteiger partial charge on any atom is -0.493 e. The van der Waals surface area contributed by atoms with Crippen LogP contribution in [0.2, 0.25) is 0 Å². The van der Waals surface area contributed by atoms with E-state index in [9.17, 15) is 18.0 Å². The van der Waals surface area contributed by atoms with E-state index >= 15 is 0 Å². The average Bonchev–Trinajstić information content (AvgIpc) is 3.24. The molecule has 0 N–H and O–H groups in total. The number of hydrogen-bond acceptors (Lipinski definition) is 4. The van der Waals surface area contributed by atoms with E-state index < -0.39 is 23.1 Å². The lowest BCUT2D eigenvalue weighted by Gasteiger charge is -2.24. The highest BCUT2D eigenvalue weighted by molar-refractivity contribution is 7.22. The van der Waals surface area contributed by atoms with E-state index in [1.54, 1.807) is 25.1 Å². The smallest absolute Gasteiger partial charge is 0.417 e. The molecule has 0 radical (unpaired) electrons. The van der Waals surface area contributed by atoms with Crippen molar-refractivity contribution < 1.29 is 27.4 Å². The Bertz CT molecular complexity index is 1220. The van der Waals surface area contributed by atoms with Crippen LogP contribution in [-0.4, -0.2) is 19.2 Å². The number of rotatable bonds is 11. The minimum atomic E-state index is -4.43. The second-order valence-corrected chi connectivity index (χ2v) is 11.0. The van der Waals surface area contributed by atoms with Gasteiger partial charge in [-0.2, -0.15) is 13.2 Å². The first kappa shape index (κ1) is 27.8. The molecule has 194 valence electrons. The first-order valence-electron chi connectivity index (χ1n) is 12.1. The SMILES string of the molecule is C=C(C)C(=O)OCC(C)(C)COc1ccc2cc(-c3ccc(CCCCC)cc3C(F)(F)F)sc2c1. The number of carbonyl (C=O) groups excluding carboxylic acids is 1. The Morgan fingerprint density at radius 2 is 1.78 bits per heavy atom. The molecule has 0 saturated carbocycles. The molecule has 0 spiro atoms. The highest BCUT2D eigenvalue weighted by Gasteiger charge is 2.34. The topological polar surface area (TPSA) is 35.5 Å². The fourth-order valence-electron chi connectivity index (χ4n) is 3.71. The molecule has 0 aliphatic rings. The van der Waals surface area contributed by atoms with Crippen molar-refractivity contribution in [2.75, 3.05) is 13.2 Å².